The smallest absolute Gasteiger partial charge is 0.231 e. The third-order valence-electron chi connectivity index (χ3n) is 6.85. The number of rotatable bonds is 5. The highest BCUT2D eigenvalue weighted by Gasteiger charge is 2.32. The maximum absolute atomic E-state index is 12.4. The summed E-state index contributed by atoms with van der Waals surface area (Å²) in [5.41, 5.74) is 0. The van der Waals surface area contributed by atoms with Crippen LogP contribution in [0.3, 0.4) is 0 Å². The van der Waals surface area contributed by atoms with Gasteiger partial charge in [0.25, 0.3) is 0 Å². The van der Waals surface area contributed by atoms with E-state index in [1.807, 2.05) is 0 Å². The number of nitrogens with zero attached hydrogens (tertiary/aromatic N) is 4. The highest BCUT2D eigenvalue weighted by Crippen LogP contribution is 2.30. The standard InChI is InChI=1S/C21H34N4O2/c1-24-11-9-16(10-12-24)13-19-22-21(27-23-19)18-7-8-20(26)25(15-18)14-17-5-3-2-4-6-17/h16-18H,2-15H2,1H3. The van der Waals surface area contributed by atoms with E-state index in [4.69, 9.17) is 9.51 Å². The van der Waals surface area contributed by atoms with Crippen molar-refractivity contribution in [1.82, 2.24) is 19.9 Å². The molecule has 1 aromatic heterocycles. The number of carbonyl (C=O) groups excluding carboxylic acids is 1. The molecule has 27 heavy (non-hydrogen) atoms. The molecule has 0 N–H and O–H groups in total. The van der Waals surface area contributed by atoms with Gasteiger partial charge in [0.2, 0.25) is 11.8 Å². The van der Waals surface area contributed by atoms with Gasteiger partial charge < -0.3 is 14.3 Å². The van der Waals surface area contributed by atoms with Crippen molar-refractivity contribution in [3.63, 3.8) is 0 Å². The van der Waals surface area contributed by atoms with Crippen molar-refractivity contribution >= 4 is 5.91 Å². The van der Waals surface area contributed by atoms with Gasteiger partial charge in [0.15, 0.2) is 5.82 Å². The van der Waals surface area contributed by atoms with Crippen LogP contribution in [0, 0.1) is 11.8 Å². The highest BCUT2D eigenvalue weighted by atomic mass is 16.5. The zero-order valence-electron chi connectivity index (χ0n) is 16.7. The Labute approximate surface area is 162 Å². The fourth-order valence-electron chi connectivity index (χ4n) is 5.01. The van der Waals surface area contributed by atoms with E-state index in [1.54, 1.807) is 0 Å². The van der Waals surface area contributed by atoms with Gasteiger partial charge in [-0.15, -0.1) is 0 Å². The van der Waals surface area contributed by atoms with Crippen molar-refractivity contribution in [1.29, 1.82) is 0 Å². The lowest BCUT2D eigenvalue weighted by Crippen LogP contribution is -2.42. The van der Waals surface area contributed by atoms with E-state index in [2.05, 4.69) is 22.0 Å². The fraction of sp³-hybridized carbons (Fsp3) is 0.857. The predicted octanol–water partition coefficient (Wildman–Crippen LogP) is 3.24. The predicted molar refractivity (Wildman–Crippen MR) is 103 cm³/mol. The molecular weight excluding hydrogens is 340 g/mol. The Bertz CT molecular complexity index is 617. The van der Waals surface area contributed by atoms with Crippen LogP contribution in [0.1, 0.15) is 75.4 Å². The molecular formula is C21H34N4O2. The molecule has 3 heterocycles. The van der Waals surface area contributed by atoms with Crippen LogP contribution in [0.25, 0.3) is 0 Å². The largest absolute Gasteiger partial charge is 0.342 e. The molecule has 150 valence electrons. The molecule has 6 nitrogen and oxygen atoms in total. The SMILES string of the molecule is CN1CCC(Cc2noc(C3CCC(=O)N(CC4CCCCC4)C3)n2)CC1. The number of hydrogen-bond acceptors (Lipinski definition) is 5. The minimum atomic E-state index is 0.213. The summed E-state index contributed by atoms with van der Waals surface area (Å²) in [5.74, 6) is 3.48. The topological polar surface area (TPSA) is 62.5 Å². The number of hydrogen-bond donors (Lipinski definition) is 0. The fourth-order valence-corrected chi connectivity index (χ4v) is 5.01. The molecule has 1 aliphatic carbocycles. The number of likely N-dealkylation sites (tertiary alicyclic amines) is 2. The van der Waals surface area contributed by atoms with Gasteiger partial charge in [0.1, 0.15) is 0 Å². The minimum absolute atomic E-state index is 0.213. The van der Waals surface area contributed by atoms with Crippen LogP contribution < -0.4 is 0 Å². The highest BCUT2D eigenvalue weighted by molar-refractivity contribution is 5.77. The molecule has 1 unspecified atom stereocenters. The van der Waals surface area contributed by atoms with E-state index in [-0.39, 0.29) is 5.92 Å². The molecule has 0 spiro atoms. The van der Waals surface area contributed by atoms with E-state index in [0.717, 1.165) is 50.7 Å². The summed E-state index contributed by atoms with van der Waals surface area (Å²) in [5, 5.41) is 4.26. The van der Waals surface area contributed by atoms with Crippen LogP contribution in [0.5, 0.6) is 0 Å². The molecule has 1 saturated carbocycles. The Balaban J connectivity index is 1.32. The van der Waals surface area contributed by atoms with E-state index >= 15 is 0 Å². The van der Waals surface area contributed by atoms with Crippen LogP contribution in [-0.4, -0.2) is 59.1 Å². The second kappa shape index (κ2) is 8.72. The molecule has 1 aromatic rings. The monoisotopic (exact) mass is 374 g/mol. The van der Waals surface area contributed by atoms with Crippen molar-refractivity contribution in [2.24, 2.45) is 11.8 Å². The van der Waals surface area contributed by atoms with Crippen molar-refractivity contribution in [2.45, 2.75) is 70.1 Å². The lowest BCUT2D eigenvalue weighted by Gasteiger charge is -2.34. The molecule has 1 atom stereocenters. The summed E-state index contributed by atoms with van der Waals surface area (Å²) in [6.07, 6.45) is 11.4. The summed E-state index contributed by atoms with van der Waals surface area (Å²) in [6.45, 7) is 4.00. The van der Waals surface area contributed by atoms with E-state index in [1.165, 1.54) is 44.9 Å². The molecule has 4 rings (SSSR count). The van der Waals surface area contributed by atoms with E-state index in [0.29, 0.717) is 24.2 Å². The van der Waals surface area contributed by atoms with Gasteiger partial charge in [-0.25, -0.2) is 0 Å². The van der Waals surface area contributed by atoms with Crippen molar-refractivity contribution in [2.75, 3.05) is 33.2 Å². The Morgan fingerprint density at radius 1 is 1.04 bits per heavy atom. The van der Waals surface area contributed by atoms with E-state index < -0.39 is 0 Å². The normalized spacial score (nSPS) is 26.6. The molecule has 0 bridgehead atoms. The van der Waals surface area contributed by atoms with Crippen LogP contribution in [0.15, 0.2) is 4.52 Å². The molecule has 0 radical (unpaired) electrons. The first-order valence-electron chi connectivity index (χ1n) is 11.0. The van der Waals surface area contributed by atoms with Crippen LogP contribution in [-0.2, 0) is 11.2 Å². The second-order valence-electron chi connectivity index (χ2n) is 9.04. The summed E-state index contributed by atoms with van der Waals surface area (Å²) >= 11 is 0. The number of piperidine rings is 2. The van der Waals surface area contributed by atoms with Gasteiger partial charge in [-0.05, 0) is 64.1 Å². The lowest BCUT2D eigenvalue weighted by molar-refractivity contribution is -0.134. The van der Waals surface area contributed by atoms with Gasteiger partial charge >= 0.3 is 0 Å². The van der Waals surface area contributed by atoms with Gasteiger partial charge in [0, 0.05) is 25.9 Å². The molecule has 3 fully saturated rings. The Morgan fingerprint density at radius 2 is 1.81 bits per heavy atom. The van der Waals surface area contributed by atoms with E-state index in [9.17, 15) is 4.79 Å². The van der Waals surface area contributed by atoms with Gasteiger partial charge in [-0.3, -0.25) is 4.79 Å². The second-order valence-corrected chi connectivity index (χ2v) is 9.04. The molecule has 3 aliphatic rings. The van der Waals surface area contributed by atoms with Crippen molar-refractivity contribution < 1.29 is 9.32 Å². The zero-order chi connectivity index (χ0) is 18.6. The summed E-state index contributed by atoms with van der Waals surface area (Å²) < 4.78 is 5.63. The first-order valence-corrected chi connectivity index (χ1v) is 11.0. The maximum Gasteiger partial charge on any atom is 0.231 e. The Hall–Kier alpha value is -1.43. The number of carbonyl (C=O) groups is 1. The van der Waals surface area contributed by atoms with Crippen molar-refractivity contribution in [3.05, 3.63) is 11.7 Å². The molecule has 6 heteroatoms. The maximum atomic E-state index is 12.4. The molecule has 0 aromatic carbocycles. The third-order valence-corrected chi connectivity index (χ3v) is 6.85. The van der Waals surface area contributed by atoms with Crippen LogP contribution in [0.4, 0.5) is 0 Å². The minimum Gasteiger partial charge on any atom is -0.342 e. The van der Waals surface area contributed by atoms with Gasteiger partial charge in [-0.1, -0.05) is 24.4 Å². The Kier molecular flexibility index (Phi) is 6.11. The first kappa shape index (κ1) is 18.9. The summed E-state index contributed by atoms with van der Waals surface area (Å²) in [6, 6.07) is 0. The molecule has 2 aliphatic heterocycles. The number of amides is 1. The lowest BCUT2D eigenvalue weighted by atomic mass is 9.87. The Morgan fingerprint density at radius 3 is 2.59 bits per heavy atom. The van der Waals surface area contributed by atoms with Gasteiger partial charge in [0.05, 0.1) is 5.92 Å². The van der Waals surface area contributed by atoms with Crippen LogP contribution in [0.2, 0.25) is 0 Å². The third kappa shape index (κ3) is 4.89. The quantitative estimate of drug-likeness (QED) is 0.792. The van der Waals surface area contributed by atoms with Gasteiger partial charge in [-0.2, -0.15) is 4.98 Å². The van der Waals surface area contributed by atoms with Crippen LogP contribution >= 0.6 is 0 Å². The molecule has 2 saturated heterocycles. The average Bonchev–Trinajstić information content (AvgIpc) is 3.15. The summed E-state index contributed by atoms with van der Waals surface area (Å²) in [4.78, 5) is 21.6. The first-order chi connectivity index (χ1) is 13.2. The molecule has 1 amide bonds. The zero-order valence-corrected chi connectivity index (χ0v) is 16.7. The average molecular weight is 375 g/mol. The van der Waals surface area contributed by atoms with Crippen molar-refractivity contribution in [3.8, 4) is 0 Å². The summed E-state index contributed by atoms with van der Waals surface area (Å²) in [7, 11) is 2.19. The number of aromatic nitrogens is 2.